The summed E-state index contributed by atoms with van der Waals surface area (Å²) in [5, 5.41) is 23.2. The third-order valence-corrected chi connectivity index (χ3v) is 7.93. The second-order valence-electron chi connectivity index (χ2n) is 11.4. The number of carbonyl (C=O) groups excluding carboxylic acids is 1. The normalized spacial score (nSPS) is 20.5. The van der Waals surface area contributed by atoms with E-state index in [1.165, 1.54) is 12.1 Å². The molecule has 2 N–H and O–H groups in total. The zero-order chi connectivity index (χ0) is 28.5. The summed E-state index contributed by atoms with van der Waals surface area (Å²) in [4.78, 5) is 15.4. The van der Waals surface area contributed by atoms with Crippen LogP contribution in [0.25, 0.3) is 10.8 Å². The van der Waals surface area contributed by atoms with Gasteiger partial charge in [-0.1, -0.05) is 12.1 Å². The van der Waals surface area contributed by atoms with Crippen molar-refractivity contribution in [1.29, 1.82) is 0 Å². The number of hydrogen-bond acceptors (Lipinski definition) is 6. The highest BCUT2D eigenvalue weighted by Crippen LogP contribution is 2.49. The van der Waals surface area contributed by atoms with Gasteiger partial charge in [0.15, 0.2) is 5.82 Å². The Hall–Kier alpha value is -3.24. The molecule has 1 fully saturated rings. The van der Waals surface area contributed by atoms with Gasteiger partial charge in [-0.15, -0.1) is 5.10 Å². The number of aliphatic hydroxyl groups is 1. The van der Waals surface area contributed by atoms with Crippen LogP contribution in [-0.2, 0) is 20.9 Å². The lowest BCUT2D eigenvalue weighted by atomic mass is 9.83. The Labute approximate surface area is 225 Å². The van der Waals surface area contributed by atoms with Gasteiger partial charge in [0, 0.05) is 35.2 Å². The van der Waals surface area contributed by atoms with Crippen LogP contribution in [0.5, 0.6) is 0 Å². The van der Waals surface area contributed by atoms with Gasteiger partial charge >= 0.3 is 5.92 Å². The molecule has 10 heteroatoms. The average Bonchev–Trinajstić information content (AvgIpc) is 3.67. The van der Waals surface area contributed by atoms with E-state index in [1.807, 2.05) is 30.9 Å². The standard InChI is InChI=1S/C29H33F3N4O3/c1-15(18-8-7-9-21(24(18)30)29(31,32)27(3,4)38)33-25-20-13-23-22(12-19(20)16(2)34-35-25)28(5,14-39-6)26(37)36(23)17-10-11-17/h7-9,12-13,15,17,38H,10-11,14H2,1-6H3,(H,33,35)/t15-,28?/m1/s1. The lowest BCUT2D eigenvalue weighted by Crippen LogP contribution is -2.42. The molecule has 3 aromatic rings. The molecular formula is C29H33F3N4O3. The first-order valence-corrected chi connectivity index (χ1v) is 13.0. The molecule has 2 atom stereocenters. The third kappa shape index (κ3) is 4.24. The largest absolute Gasteiger partial charge is 0.384 e. The number of carbonyl (C=O) groups is 1. The van der Waals surface area contributed by atoms with Crippen LogP contribution in [0.2, 0.25) is 0 Å². The summed E-state index contributed by atoms with van der Waals surface area (Å²) >= 11 is 0. The van der Waals surface area contributed by atoms with Crippen LogP contribution in [0.1, 0.15) is 69.0 Å². The number of nitrogens with zero attached hydrogens (tertiary/aromatic N) is 3. The zero-order valence-electron chi connectivity index (χ0n) is 22.9. The fraction of sp³-hybridized carbons (Fsp3) is 0.483. The SMILES string of the molecule is COCC1(C)C(=O)N(C2CC2)c2cc3c(N[C@H](C)c4cccc(C(F)(F)C(C)(C)O)c4F)nnc(C)c3cc21. The van der Waals surface area contributed by atoms with Crippen molar-refractivity contribution in [3.05, 3.63) is 58.5 Å². The molecule has 39 heavy (non-hydrogen) atoms. The zero-order valence-corrected chi connectivity index (χ0v) is 22.9. The quantitative estimate of drug-likeness (QED) is 0.390. The maximum Gasteiger partial charge on any atom is 0.303 e. The number of amides is 1. The van der Waals surface area contributed by atoms with Gasteiger partial charge < -0.3 is 20.1 Å². The number of nitrogens with one attached hydrogen (secondary N) is 1. The molecule has 7 nitrogen and oxygen atoms in total. The monoisotopic (exact) mass is 542 g/mol. The van der Waals surface area contributed by atoms with Gasteiger partial charge in [0.2, 0.25) is 5.91 Å². The molecular weight excluding hydrogens is 509 g/mol. The highest BCUT2D eigenvalue weighted by Gasteiger charge is 2.52. The fourth-order valence-electron chi connectivity index (χ4n) is 5.42. The number of hydrogen-bond donors (Lipinski definition) is 2. The van der Waals surface area contributed by atoms with E-state index in [0.717, 1.165) is 49.4 Å². The summed E-state index contributed by atoms with van der Waals surface area (Å²) in [5.74, 6) is -4.58. The molecule has 1 saturated carbocycles. The first kappa shape index (κ1) is 27.3. The van der Waals surface area contributed by atoms with Crippen LogP contribution < -0.4 is 10.2 Å². The van der Waals surface area contributed by atoms with E-state index in [2.05, 4.69) is 15.5 Å². The van der Waals surface area contributed by atoms with Crippen molar-refractivity contribution >= 4 is 28.2 Å². The van der Waals surface area contributed by atoms with Crippen molar-refractivity contribution in [2.45, 2.75) is 76.5 Å². The summed E-state index contributed by atoms with van der Waals surface area (Å²) in [6.45, 7) is 7.47. The highest BCUT2D eigenvalue weighted by atomic mass is 19.3. The topological polar surface area (TPSA) is 87.6 Å². The van der Waals surface area contributed by atoms with E-state index in [4.69, 9.17) is 4.74 Å². The van der Waals surface area contributed by atoms with E-state index in [-0.39, 0.29) is 24.1 Å². The number of alkyl halides is 2. The van der Waals surface area contributed by atoms with Crippen molar-refractivity contribution < 1.29 is 27.8 Å². The van der Waals surface area contributed by atoms with E-state index >= 15 is 4.39 Å². The molecule has 1 amide bonds. The molecule has 2 aliphatic rings. The Morgan fingerprint density at radius 2 is 1.92 bits per heavy atom. The van der Waals surface area contributed by atoms with E-state index < -0.39 is 34.4 Å². The van der Waals surface area contributed by atoms with Crippen molar-refractivity contribution in [2.75, 3.05) is 23.9 Å². The average molecular weight is 543 g/mol. The van der Waals surface area contributed by atoms with Crippen molar-refractivity contribution in [1.82, 2.24) is 10.2 Å². The number of rotatable bonds is 8. The second kappa shape index (κ2) is 9.16. The summed E-state index contributed by atoms with van der Waals surface area (Å²) in [7, 11) is 1.57. The van der Waals surface area contributed by atoms with Gasteiger partial charge in [-0.3, -0.25) is 4.79 Å². The molecule has 0 radical (unpaired) electrons. The van der Waals surface area contributed by atoms with Gasteiger partial charge in [0.05, 0.1) is 29.3 Å². The molecule has 0 bridgehead atoms. The van der Waals surface area contributed by atoms with Crippen LogP contribution in [0.4, 0.5) is 24.7 Å². The van der Waals surface area contributed by atoms with Crippen LogP contribution in [-0.4, -0.2) is 46.6 Å². The van der Waals surface area contributed by atoms with E-state index in [1.54, 1.807) is 14.0 Å². The predicted octanol–water partition coefficient (Wildman–Crippen LogP) is 5.53. The minimum absolute atomic E-state index is 0.00411. The van der Waals surface area contributed by atoms with Gasteiger partial charge in [-0.05, 0) is 71.2 Å². The number of aromatic nitrogens is 2. The second-order valence-corrected chi connectivity index (χ2v) is 11.4. The van der Waals surface area contributed by atoms with Crippen molar-refractivity contribution in [3.8, 4) is 0 Å². The predicted molar refractivity (Wildman–Crippen MR) is 143 cm³/mol. The maximum absolute atomic E-state index is 15.4. The summed E-state index contributed by atoms with van der Waals surface area (Å²) in [6.07, 6.45) is 1.85. The smallest absolute Gasteiger partial charge is 0.303 e. The third-order valence-electron chi connectivity index (χ3n) is 7.93. The molecule has 5 rings (SSSR count). The van der Waals surface area contributed by atoms with Gasteiger partial charge in [-0.25, -0.2) is 4.39 Å². The Balaban J connectivity index is 1.59. The number of benzene rings is 2. The molecule has 208 valence electrons. The Kier molecular flexibility index (Phi) is 6.42. The minimum Gasteiger partial charge on any atom is -0.384 e. The molecule has 0 spiro atoms. The maximum atomic E-state index is 15.4. The first-order valence-electron chi connectivity index (χ1n) is 13.0. The molecule has 1 aromatic heterocycles. The van der Waals surface area contributed by atoms with Crippen LogP contribution >= 0.6 is 0 Å². The number of methoxy groups -OCH3 is 1. The molecule has 0 saturated heterocycles. The lowest BCUT2D eigenvalue weighted by molar-refractivity contribution is -0.170. The van der Waals surface area contributed by atoms with E-state index in [0.29, 0.717) is 16.9 Å². The fourth-order valence-corrected chi connectivity index (χ4v) is 5.42. The summed E-state index contributed by atoms with van der Waals surface area (Å²) in [6, 6.07) is 6.97. The Bertz CT molecular complexity index is 1470. The van der Waals surface area contributed by atoms with Crippen molar-refractivity contribution in [2.24, 2.45) is 0 Å². The van der Waals surface area contributed by atoms with E-state index in [9.17, 15) is 18.7 Å². The van der Waals surface area contributed by atoms with Crippen LogP contribution in [0.15, 0.2) is 30.3 Å². The molecule has 2 aromatic carbocycles. The summed E-state index contributed by atoms with van der Waals surface area (Å²) in [5.41, 5.74) is -1.88. The van der Waals surface area contributed by atoms with Gasteiger partial charge in [-0.2, -0.15) is 13.9 Å². The summed E-state index contributed by atoms with van der Waals surface area (Å²) < 4.78 is 50.6. The number of fused-ring (bicyclic) bond motifs is 2. The molecule has 2 heterocycles. The van der Waals surface area contributed by atoms with Gasteiger partial charge in [0.25, 0.3) is 0 Å². The number of anilines is 2. The highest BCUT2D eigenvalue weighted by molar-refractivity contribution is 6.12. The van der Waals surface area contributed by atoms with Crippen molar-refractivity contribution in [3.63, 3.8) is 0 Å². The van der Waals surface area contributed by atoms with Crippen LogP contribution in [0, 0.1) is 12.7 Å². The Morgan fingerprint density at radius 3 is 2.54 bits per heavy atom. The number of aryl methyl sites for hydroxylation is 1. The lowest BCUT2D eigenvalue weighted by Gasteiger charge is -2.30. The molecule has 1 aliphatic heterocycles. The number of ether oxygens (including phenoxy) is 1. The minimum atomic E-state index is -3.81. The number of halogens is 3. The van der Waals surface area contributed by atoms with Gasteiger partial charge in [0.1, 0.15) is 11.4 Å². The first-order chi connectivity index (χ1) is 18.2. The molecule has 1 unspecified atom stereocenters. The van der Waals surface area contributed by atoms with Crippen LogP contribution in [0.3, 0.4) is 0 Å². The molecule has 1 aliphatic carbocycles. The Morgan fingerprint density at radius 1 is 1.23 bits per heavy atom.